The molecule has 60 valence electrons. The molecule has 1 heterocycles. The highest BCUT2D eigenvalue weighted by Gasteiger charge is 1.97. The zero-order valence-electron chi connectivity index (χ0n) is 6.69. The Kier molecular flexibility index (Phi) is 2.70. The van der Waals surface area contributed by atoms with Crippen LogP contribution in [0.4, 0.5) is 0 Å². The molecule has 0 spiro atoms. The highest BCUT2D eigenvalue weighted by atomic mass is 32.1. The molecule has 0 fully saturated rings. The molecule has 0 unspecified atom stereocenters. The predicted molar refractivity (Wildman–Crippen MR) is 45.9 cm³/mol. The maximum atomic E-state index is 4.76. The number of hydrogen-bond donors (Lipinski definition) is 0. The molecule has 0 aliphatic carbocycles. The second kappa shape index (κ2) is 3.57. The second-order valence-electron chi connectivity index (χ2n) is 2.48. The average molecular weight is 169 g/mol. The van der Waals surface area contributed by atoms with Gasteiger partial charge in [-0.3, -0.25) is 0 Å². The van der Waals surface area contributed by atoms with Gasteiger partial charge in [0.25, 0.3) is 0 Å². The van der Waals surface area contributed by atoms with Gasteiger partial charge in [-0.25, -0.2) is 9.97 Å². The molecule has 11 heavy (non-hydrogen) atoms. The summed E-state index contributed by atoms with van der Waals surface area (Å²) in [6.45, 7) is 4.24. The minimum Gasteiger partial charge on any atom is -0.320 e. The molecule has 0 radical (unpaired) electrons. The van der Waals surface area contributed by atoms with Gasteiger partial charge in [-0.15, -0.1) is 0 Å². The largest absolute Gasteiger partial charge is 0.320 e. The Balaban J connectivity index is 2.89. The molecular formula is C7H11N3S. The van der Waals surface area contributed by atoms with Crippen molar-refractivity contribution in [2.24, 2.45) is 0 Å². The first kappa shape index (κ1) is 8.33. The molecule has 0 aromatic carbocycles. The average Bonchev–Trinajstić information content (AvgIpc) is 2.05. The van der Waals surface area contributed by atoms with Gasteiger partial charge >= 0.3 is 0 Å². The van der Waals surface area contributed by atoms with Crippen molar-refractivity contribution in [3.63, 3.8) is 0 Å². The van der Waals surface area contributed by atoms with Gasteiger partial charge in [0.1, 0.15) is 0 Å². The summed E-state index contributed by atoms with van der Waals surface area (Å²) in [5.74, 6) is 0. The van der Waals surface area contributed by atoms with Crippen molar-refractivity contribution in [3.05, 3.63) is 17.4 Å². The van der Waals surface area contributed by atoms with E-state index in [2.05, 4.69) is 23.8 Å². The first-order valence-corrected chi connectivity index (χ1v) is 4.04. The summed E-state index contributed by atoms with van der Waals surface area (Å²) in [7, 11) is 0. The predicted octanol–water partition coefficient (Wildman–Crippen LogP) is 1.98. The number of nitrogens with zero attached hydrogens (tertiary/aromatic N) is 3. The van der Waals surface area contributed by atoms with E-state index < -0.39 is 0 Å². The Bertz CT molecular complexity index is 261. The number of aromatic nitrogens is 3. The molecule has 0 saturated heterocycles. The third-order valence-electron chi connectivity index (χ3n) is 1.70. The highest BCUT2D eigenvalue weighted by Crippen LogP contribution is 2.06. The van der Waals surface area contributed by atoms with E-state index in [9.17, 15) is 0 Å². The Labute approximate surface area is 71.1 Å². The first-order valence-electron chi connectivity index (χ1n) is 3.64. The summed E-state index contributed by atoms with van der Waals surface area (Å²) in [4.78, 5) is 7.83. The van der Waals surface area contributed by atoms with Crippen molar-refractivity contribution in [2.45, 2.75) is 26.3 Å². The van der Waals surface area contributed by atoms with Crippen LogP contribution in [-0.2, 0) is 0 Å². The van der Waals surface area contributed by atoms with Gasteiger partial charge in [-0.1, -0.05) is 6.92 Å². The normalized spacial score (nSPS) is 12.9. The van der Waals surface area contributed by atoms with Crippen LogP contribution in [0.1, 0.15) is 26.3 Å². The summed E-state index contributed by atoms with van der Waals surface area (Å²) in [6.07, 6.45) is 4.53. The summed E-state index contributed by atoms with van der Waals surface area (Å²) >= 11 is 4.76. The van der Waals surface area contributed by atoms with Crippen LogP contribution < -0.4 is 0 Å². The monoisotopic (exact) mass is 169 g/mol. The van der Waals surface area contributed by atoms with E-state index in [4.69, 9.17) is 12.2 Å². The molecule has 0 aliphatic rings. The van der Waals surface area contributed by atoms with Gasteiger partial charge < -0.3 is 4.57 Å². The smallest absolute Gasteiger partial charge is 0.222 e. The molecule has 3 nitrogen and oxygen atoms in total. The van der Waals surface area contributed by atoms with Crippen LogP contribution in [0.25, 0.3) is 0 Å². The fraction of sp³-hybridized carbons (Fsp3) is 0.571. The molecule has 0 saturated carbocycles. The summed E-state index contributed by atoms with van der Waals surface area (Å²) < 4.78 is 2.36. The lowest BCUT2D eigenvalue weighted by Crippen LogP contribution is -2.05. The van der Waals surface area contributed by atoms with Crippen LogP contribution in [-0.4, -0.2) is 14.5 Å². The Morgan fingerprint density at radius 3 is 2.55 bits per heavy atom. The van der Waals surface area contributed by atoms with Crippen molar-refractivity contribution in [1.82, 2.24) is 14.5 Å². The van der Waals surface area contributed by atoms with Crippen LogP contribution in [0.15, 0.2) is 12.7 Å². The molecule has 1 atom stereocenters. The van der Waals surface area contributed by atoms with Gasteiger partial charge in [0.15, 0.2) is 0 Å². The van der Waals surface area contributed by atoms with Crippen molar-refractivity contribution in [2.75, 3.05) is 0 Å². The minimum atomic E-state index is 0.407. The quantitative estimate of drug-likeness (QED) is 0.634. The maximum absolute atomic E-state index is 4.76. The fourth-order valence-corrected chi connectivity index (χ4v) is 0.828. The Hall–Kier alpha value is -0.770. The summed E-state index contributed by atoms with van der Waals surface area (Å²) in [5, 5.41) is 0. The molecule has 1 aromatic heterocycles. The lowest BCUT2D eigenvalue weighted by Gasteiger charge is -2.10. The summed E-state index contributed by atoms with van der Waals surface area (Å²) in [5.41, 5.74) is 0. The topological polar surface area (TPSA) is 30.7 Å². The highest BCUT2D eigenvalue weighted by molar-refractivity contribution is 7.71. The van der Waals surface area contributed by atoms with Gasteiger partial charge in [-0.05, 0) is 25.6 Å². The van der Waals surface area contributed by atoms with E-state index in [0.717, 1.165) is 6.42 Å². The van der Waals surface area contributed by atoms with Crippen LogP contribution in [0.3, 0.4) is 0 Å². The van der Waals surface area contributed by atoms with E-state index in [-0.39, 0.29) is 0 Å². The summed E-state index contributed by atoms with van der Waals surface area (Å²) in [6, 6.07) is 0.450. The van der Waals surface area contributed by atoms with E-state index in [1.807, 2.05) is 4.57 Å². The van der Waals surface area contributed by atoms with Crippen molar-refractivity contribution in [1.29, 1.82) is 0 Å². The zero-order valence-corrected chi connectivity index (χ0v) is 7.51. The zero-order chi connectivity index (χ0) is 8.27. The Morgan fingerprint density at radius 2 is 2.09 bits per heavy atom. The molecule has 0 amide bonds. The molecule has 0 N–H and O–H groups in total. The van der Waals surface area contributed by atoms with Crippen LogP contribution in [0.2, 0.25) is 0 Å². The SMILES string of the molecule is CC[C@H](C)n1cnc(=S)nc1. The van der Waals surface area contributed by atoms with Crippen molar-refractivity contribution >= 4 is 12.2 Å². The molecule has 0 bridgehead atoms. The van der Waals surface area contributed by atoms with E-state index in [0.29, 0.717) is 10.8 Å². The van der Waals surface area contributed by atoms with Gasteiger partial charge in [0.2, 0.25) is 4.77 Å². The Morgan fingerprint density at radius 1 is 1.55 bits per heavy atom. The van der Waals surface area contributed by atoms with E-state index in [1.54, 1.807) is 12.7 Å². The van der Waals surface area contributed by atoms with Gasteiger partial charge in [0.05, 0.1) is 12.7 Å². The molecular weight excluding hydrogens is 158 g/mol. The molecule has 1 rings (SSSR count). The third kappa shape index (κ3) is 2.08. The molecule has 0 aliphatic heterocycles. The maximum Gasteiger partial charge on any atom is 0.222 e. The first-order chi connectivity index (χ1) is 5.24. The van der Waals surface area contributed by atoms with E-state index in [1.165, 1.54) is 0 Å². The van der Waals surface area contributed by atoms with Crippen molar-refractivity contribution in [3.8, 4) is 0 Å². The van der Waals surface area contributed by atoms with Gasteiger partial charge in [0, 0.05) is 6.04 Å². The van der Waals surface area contributed by atoms with Crippen molar-refractivity contribution < 1.29 is 0 Å². The minimum absolute atomic E-state index is 0.407. The fourth-order valence-electron chi connectivity index (χ4n) is 0.734. The standard InChI is InChI=1S/C7H11N3S/c1-3-6(2)10-4-8-7(11)9-5-10/h4-6H,3H2,1-2H3/t6-/m0/s1. The number of rotatable bonds is 2. The lowest BCUT2D eigenvalue weighted by molar-refractivity contribution is 0.510. The second-order valence-corrected chi connectivity index (χ2v) is 2.84. The lowest BCUT2D eigenvalue weighted by atomic mass is 10.3. The third-order valence-corrected chi connectivity index (χ3v) is 1.91. The molecule has 4 heteroatoms. The number of hydrogen-bond acceptors (Lipinski definition) is 3. The van der Waals surface area contributed by atoms with Crippen LogP contribution in [0, 0.1) is 4.77 Å². The van der Waals surface area contributed by atoms with Crippen LogP contribution >= 0.6 is 12.2 Å². The van der Waals surface area contributed by atoms with Crippen LogP contribution in [0.5, 0.6) is 0 Å². The van der Waals surface area contributed by atoms with E-state index >= 15 is 0 Å². The van der Waals surface area contributed by atoms with Gasteiger partial charge in [-0.2, -0.15) is 0 Å². The molecule has 1 aromatic rings.